The van der Waals surface area contributed by atoms with E-state index in [-0.39, 0.29) is 0 Å². The molecule has 0 amide bonds. The Balaban J connectivity index is 1.76. The van der Waals surface area contributed by atoms with Gasteiger partial charge in [-0.05, 0) is 30.7 Å². The normalized spacial score (nSPS) is 15.4. The van der Waals surface area contributed by atoms with Crippen molar-refractivity contribution < 1.29 is 9.53 Å². The number of anilines is 1. The summed E-state index contributed by atoms with van der Waals surface area (Å²) in [5.41, 5.74) is 1.19. The molecule has 0 radical (unpaired) electrons. The summed E-state index contributed by atoms with van der Waals surface area (Å²) in [5, 5.41) is 0. The maximum Gasteiger partial charge on any atom is 0.136 e. The first-order chi connectivity index (χ1) is 9.79. The lowest BCUT2D eigenvalue weighted by Gasteiger charge is -2.28. The van der Waals surface area contributed by atoms with Gasteiger partial charge in [0.05, 0.1) is 6.61 Å². The summed E-state index contributed by atoms with van der Waals surface area (Å²) in [6.07, 6.45) is 6.27. The van der Waals surface area contributed by atoms with Gasteiger partial charge < -0.3 is 9.64 Å². The number of benzene rings is 1. The molecule has 0 bridgehead atoms. The summed E-state index contributed by atoms with van der Waals surface area (Å²) in [7, 11) is 0. The van der Waals surface area contributed by atoms with E-state index in [1.54, 1.807) is 0 Å². The van der Waals surface area contributed by atoms with Gasteiger partial charge in [0.15, 0.2) is 0 Å². The SMILES string of the molecule is CCCCCCOc1ccc(N2CCC(=O)CC2)cc1. The highest BCUT2D eigenvalue weighted by molar-refractivity contribution is 5.81. The van der Waals surface area contributed by atoms with Gasteiger partial charge in [-0.2, -0.15) is 0 Å². The Hall–Kier alpha value is -1.51. The molecule has 2 rings (SSSR count). The van der Waals surface area contributed by atoms with Crippen molar-refractivity contribution >= 4 is 11.5 Å². The van der Waals surface area contributed by atoms with E-state index < -0.39 is 0 Å². The van der Waals surface area contributed by atoms with Gasteiger partial charge >= 0.3 is 0 Å². The predicted molar refractivity (Wildman–Crippen MR) is 82.5 cm³/mol. The van der Waals surface area contributed by atoms with Crippen LogP contribution in [0.2, 0.25) is 0 Å². The summed E-state index contributed by atoms with van der Waals surface area (Å²) in [4.78, 5) is 13.5. The van der Waals surface area contributed by atoms with Crippen molar-refractivity contribution in [2.75, 3.05) is 24.6 Å². The Morgan fingerprint density at radius 2 is 1.75 bits per heavy atom. The number of rotatable bonds is 7. The highest BCUT2D eigenvalue weighted by Crippen LogP contribution is 2.22. The molecule has 3 heteroatoms. The number of ether oxygens (including phenoxy) is 1. The van der Waals surface area contributed by atoms with Crippen molar-refractivity contribution in [2.24, 2.45) is 0 Å². The highest BCUT2D eigenvalue weighted by atomic mass is 16.5. The van der Waals surface area contributed by atoms with Crippen LogP contribution in [0.25, 0.3) is 0 Å². The lowest BCUT2D eigenvalue weighted by molar-refractivity contribution is -0.119. The van der Waals surface area contributed by atoms with Gasteiger partial charge in [0.2, 0.25) is 0 Å². The molecule has 1 heterocycles. The number of ketones is 1. The van der Waals surface area contributed by atoms with Crippen LogP contribution < -0.4 is 9.64 Å². The van der Waals surface area contributed by atoms with Gasteiger partial charge in [-0.1, -0.05) is 26.2 Å². The minimum Gasteiger partial charge on any atom is -0.494 e. The zero-order chi connectivity index (χ0) is 14.2. The van der Waals surface area contributed by atoms with E-state index in [4.69, 9.17) is 4.74 Å². The molecule has 0 atom stereocenters. The van der Waals surface area contributed by atoms with E-state index in [1.807, 2.05) is 12.1 Å². The van der Waals surface area contributed by atoms with Crippen LogP contribution in [0.1, 0.15) is 45.4 Å². The lowest BCUT2D eigenvalue weighted by atomic mass is 10.1. The van der Waals surface area contributed by atoms with Crippen LogP contribution in [0, 0.1) is 0 Å². The van der Waals surface area contributed by atoms with Crippen molar-refractivity contribution in [1.82, 2.24) is 0 Å². The third-order valence-electron chi connectivity index (χ3n) is 3.79. The van der Waals surface area contributed by atoms with Gasteiger partial charge in [0.1, 0.15) is 11.5 Å². The number of hydrogen-bond donors (Lipinski definition) is 0. The summed E-state index contributed by atoms with van der Waals surface area (Å²) in [5.74, 6) is 1.33. The largest absolute Gasteiger partial charge is 0.494 e. The monoisotopic (exact) mass is 275 g/mol. The zero-order valence-corrected chi connectivity index (χ0v) is 12.4. The van der Waals surface area contributed by atoms with Crippen LogP contribution in [0.15, 0.2) is 24.3 Å². The molecular formula is C17H25NO2. The zero-order valence-electron chi connectivity index (χ0n) is 12.4. The molecule has 20 heavy (non-hydrogen) atoms. The molecule has 1 aromatic rings. The number of carbonyl (C=O) groups is 1. The molecular weight excluding hydrogens is 250 g/mol. The van der Waals surface area contributed by atoms with Gasteiger partial charge in [-0.25, -0.2) is 0 Å². The van der Waals surface area contributed by atoms with E-state index in [2.05, 4.69) is 24.0 Å². The molecule has 1 aromatic carbocycles. The van der Waals surface area contributed by atoms with Crippen molar-refractivity contribution in [1.29, 1.82) is 0 Å². The third kappa shape index (κ3) is 4.55. The van der Waals surface area contributed by atoms with Gasteiger partial charge in [-0.15, -0.1) is 0 Å². The van der Waals surface area contributed by atoms with Crippen LogP contribution in [0.4, 0.5) is 5.69 Å². The molecule has 1 aliphatic rings. The topological polar surface area (TPSA) is 29.5 Å². The maximum absolute atomic E-state index is 11.2. The molecule has 3 nitrogen and oxygen atoms in total. The fourth-order valence-corrected chi connectivity index (χ4v) is 2.49. The van der Waals surface area contributed by atoms with Gasteiger partial charge in [-0.3, -0.25) is 4.79 Å². The predicted octanol–water partition coefficient (Wildman–Crippen LogP) is 3.82. The van der Waals surface area contributed by atoms with Crippen molar-refractivity contribution in [2.45, 2.75) is 45.4 Å². The molecule has 110 valence electrons. The van der Waals surface area contributed by atoms with E-state index in [9.17, 15) is 4.79 Å². The van der Waals surface area contributed by atoms with E-state index in [0.717, 1.165) is 31.9 Å². The molecule has 0 N–H and O–H groups in total. The number of piperidine rings is 1. The quantitative estimate of drug-likeness (QED) is 0.709. The van der Waals surface area contributed by atoms with E-state index >= 15 is 0 Å². The van der Waals surface area contributed by atoms with E-state index in [1.165, 1.54) is 24.9 Å². The fraction of sp³-hybridized carbons (Fsp3) is 0.588. The first kappa shape index (κ1) is 14.9. The minimum atomic E-state index is 0.383. The summed E-state index contributed by atoms with van der Waals surface area (Å²) < 4.78 is 5.74. The van der Waals surface area contributed by atoms with E-state index in [0.29, 0.717) is 18.6 Å². The number of unbranched alkanes of at least 4 members (excludes halogenated alkanes) is 3. The summed E-state index contributed by atoms with van der Waals surface area (Å²) >= 11 is 0. The molecule has 0 spiro atoms. The van der Waals surface area contributed by atoms with Crippen LogP contribution in [0.5, 0.6) is 5.75 Å². The number of Topliss-reactive ketones (excluding diaryl/α,β-unsaturated/α-hetero) is 1. The Morgan fingerprint density at radius 3 is 2.40 bits per heavy atom. The molecule has 0 unspecified atom stereocenters. The maximum atomic E-state index is 11.2. The Bertz CT molecular complexity index is 404. The standard InChI is InChI=1S/C17H25NO2/c1-2-3-4-5-14-20-17-8-6-15(7-9-17)18-12-10-16(19)11-13-18/h6-9H,2-5,10-14H2,1H3. The van der Waals surface area contributed by atoms with Crippen LogP contribution >= 0.6 is 0 Å². The number of nitrogens with zero attached hydrogens (tertiary/aromatic N) is 1. The van der Waals surface area contributed by atoms with Gasteiger partial charge in [0.25, 0.3) is 0 Å². The minimum absolute atomic E-state index is 0.383. The van der Waals surface area contributed by atoms with Crippen LogP contribution in [-0.2, 0) is 4.79 Å². The van der Waals surface area contributed by atoms with Gasteiger partial charge in [0, 0.05) is 31.6 Å². The smallest absolute Gasteiger partial charge is 0.136 e. The molecule has 0 aliphatic carbocycles. The molecule has 0 aromatic heterocycles. The third-order valence-corrected chi connectivity index (χ3v) is 3.79. The molecule has 1 saturated heterocycles. The first-order valence-electron chi connectivity index (χ1n) is 7.79. The summed E-state index contributed by atoms with van der Waals surface area (Å²) in [6.45, 7) is 4.71. The second-order valence-electron chi connectivity index (χ2n) is 5.43. The van der Waals surface area contributed by atoms with Crippen molar-refractivity contribution in [3.63, 3.8) is 0 Å². The van der Waals surface area contributed by atoms with Crippen LogP contribution in [0.3, 0.4) is 0 Å². The van der Waals surface area contributed by atoms with Crippen molar-refractivity contribution in [3.8, 4) is 5.75 Å². The Morgan fingerprint density at radius 1 is 1.05 bits per heavy atom. The van der Waals surface area contributed by atoms with Crippen molar-refractivity contribution in [3.05, 3.63) is 24.3 Å². The fourth-order valence-electron chi connectivity index (χ4n) is 2.49. The lowest BCUT2D eigenvalue weighted by Crippen LogP contribution is -2.33. The molecule has 1 fully saturated rings. The number of hydrogen-bond acceptors (Lipinski definition) is 3. The van der Waals surface area contributed by atoms with Crippen LogP contribution in [-0.4, -0.2) is 25.5 Å². The average molecular weight is 275 g/mol. The first-order valence-corrected chi connectivity index (χ1v) is 7.79. The molecule has 0 saturated carbocycles. The Kier molecular flexibility index (Phi) is 5.90. The summed E-state index contributed by atoms with van der Waals surface area (Å²) in [6, 6.07) is 8.26. The molecule has 1 aliphatic heterocycles. The highest BCUT2D eigenvalue weighted by Gasteiger charge is 2.16. The second-order valence-corrected chi connectivity index (χ2v) is 5.43. The Labute approximate surface area is 121 Å². The number of carbonyl (C=O) groups excluding carboxylic acids is 1. The average Bonchev–Trinajstić information content (AvgIpc) is 2.49. The second kappa shape index (κ2) is 7.93.